The van der Waals surface area contributed by atoms with Crippen molar-refractivity contribution in [3.05, 3.63) is 47.0 Å². The second-order valence-electron chi connectivity index (χ2n) is 8.96. The number of anilines is 2. The molecule has 7 nitrogen and oxygen atoms in total. The Labute approximate surface area is 204 Å². The van der Waals surface area contributed by atoms with Crippen molar-refractivity contribution < 1.29 is 31.8 Å². The maximum atomic E-state index is 14.5. The number of fused-ring (bicyclic) bond motifs is 1. The average molecular weight is 511 g/mol. The molecule has 0 spiro atoms. The molecule has 2 aromatic heterocycles. The van der Waals surface area contributed by atoms with Crippen LogP contribution >= 0.6 is 0 Å². The van der Waals surface area contributed by atoms with Gasteiger partial charge in [0.25, 0.3) is 12.9 Å². The Balaban J connectivity index is 1.71. The molecular formula is C24H26F5N5O2. The first-order valence-electron chi connectivity index (χ1n) is 11.4. The molecule has 1 aromatic carbocycles. The quantitative estimate of drug-likeness (QED) is 0.411. The monoisotopic (exact) mass is 511 g/mol. The molecule has 0 aliphatic carbocycles. The van der Waals surface area contributed by atoms with Crippen LogP contribution in [0.25, 0.3) is 11.0 Å². The number of halogens is 5. The fraction of sp³-hybridized carbons (Fsp3) is 0.458. The molecule has 194 valence electrons. The van der Waals surface area contributed by atoms with E-state index in [1.165, 1.54) is 12.1 Å². The summed E-state index contributed by atoms with van der Waals surface area (Å²) in [4.78, 5) is 14.9. The van der Waals surface area contributed by atoms with Gasteiger partial charge in [0.15, 0.2) is 12.3 Å². The summed E-state index contributed by atoms with van der Waals surface area (Å²) >= 11 is 0. The molecule has 2 N–H and O–H groups in total. The second kappa shape index (κ2) is 10.4. The summed E-state index contributed by atoms with van der Waals surface area (Å²) in [6.45, 7) is 3.22. The van der Waals surface area contributed by atoms with E-state index in [1.54, 1.807) is 19.9 Å². The summed E-state index contributed by atoms with van der Waals surface area (Å²) in [7, 11) is 0. The Morgan fingerprint density at radius 2 is 1.86 bits per heavy atom. The zero-order valence-electron chi connectivity index (χ0n) is 19.7. The van der Waals surface area contributed by atoms with E-state index < -0.39 is 36.4 Å². The van der Waals surface area contributed by atoms with E-state index in [-0.39, 0.29) is 29.5 Å². The van der Waals surface area contributed by atoms with E-state index in [0.29, 0.717) is 42.8 Å². The van der Waals surface area contributed by atoms with Crippen LogP contribution in [-0.2, 0) is 6.54 Å². The molecular weight excluding hydrogens is 485 g/mol. The number of aliphatic hydroxyl groups is 1. The number of nitrogens with one attached hydrogen (secondary N) is 1. The van der Waals surface area contributed by atoms with Gasteiger partial charge in [0.2, 0.25) is 5.88 Å². The van der Waals surface area contributed by atoms with Gasteiger partial charge < -0.3 is 20.1 Å². The van der Waals surface area contributed by atoms with Crippen molar-refractivity contribution >= 4 is 22.5 Å². The lowest BCUT2D eigenvalue weighted by molar-refractivity contribution is 0.0349. The number of hydrogen-bond acceptors (Lipinski definition) is 7. The molecule has 12 heteroatoms. The van der Waals surface area contributed by atoms with Crippen molar-refractivity contribution in [2.24, 2.45) is 0 Å². The second-order valence-corrected chi connectivity index (χ2v) is 8.96. The van der Waals surface area contributed by atoms with Crippen molar-refractivity contribution in [2.45, 2.75) is 51.7 Å². The summed E-state index contributed by atoms with van der Waals surface area (Å²) in [5.74, 6) is -0.445. The lowest BCUT2D eigenvalue weighted by Crippen LogP contribution is -2.42. The first-order valence-corrected chi connectivity index (χ1v) is 11.4. The fourth-order valence-electron chi connectivity index (χ4n) is 4.06. The van der Waals surface area contributed by atoms with Crippen molar-refractivity contribution in [2.75, 3.05) is 29.9 Å². The zero-order valence-corrected chi connectivity index (χ0v) is 19.7. The SMILES string of the molecule is Cc1nc(NCc2cccc(C(F)F)c2F)c2cc(N3CCC(C)(O)CC3)c(OCC(F)F)nc2n1. The van der Waals surface area contributed by atoms with Gasteiger partial charge in [-0.05, 0) is 32.8 Å². The van der Waals surface area contributed by atoms with Gasteiger partial charge in [0.1, 0.15) is 23.1 Å². The normalized spacial score (nSPS) is 15.7. The Hall–Kier alpha value is -3.28. The molecule has 1 aliphatic heterocycles. The van der Waals surface area contributed by atoms with E-state index in [2.05, 4.69) is 20.3 Å². The Morgan fingerprint density at radius 1 is 1.14 bits per heavy atom. The number of rotatable bonds is 8. The van der Waals surface area contributed by atoms with Crippen molar-refractivity contribution in [3.8, 4) is 5.88 Å². The smallest absolute Gasteiger partial charge is 0.272 e. The highest BCUT2D eigenvalue weighted by atomic mass is 19.3. The molecule has 0 unspecified atom stereocenters. The number of aryl methyl sites for hydroxylation is 1. The standard InChI is InChI=1S/C24H26F5N5O2/c1-13-31-21(30-11-14-4-3-5-15(19(14)27)20(28)29)16-10-17(34-8-6-24(2,35)7-9-34)23(33-22(16)32-13)36-12-18(25)26/h3-5,10,18,20,35H,6-9,11-12H2,1-2H3,(H,30,31,32,33). The fourth-order valence-corrected chi connectivity index (χ4v) is 4.06. The van der Waals surface area contributed by atoms with Crippen LogP contribution in [0, 0.1) is 12.7 Å². The van der Waals surface area contributed by atoms with Crippen molar-refractivity contribution in [3.63, 3.8) is 0 Å². The summed E-state index contributed by atoms with van der Waals surface area (Å²) in [6.07, 6.45) is -4.75. The minimum Gasteiger partial charge on any atom is -0.470 e. The number of nitrogens with zero attached hydrogens (tertiary/aromatic N) is 4. The molecule has 36 heavy (non-hydrogen) atoms. The summed E-state index contributed by atoms with van der Waals surface area (Å²) in [5.41, 5.74) is -0.901. The molecule has 0 amide bonds. The van der Waals surface area contributed by atoms with Gasteiger partial charge in [0.05, 0.1) is 16.6 Å². The number of benzene rings is 1. The number of piperidine rings is 1. The van der Waals surface area contributed by atoms with Gasteiger partial charge in [-0.3, -0.25) is 0 Å². The van der Waals surface area contributed by atoms with E-state index in [9.17, 15) is 27.1 Å². The highest BCUT2D eigenvalue weighted by molar-refractivity contribution is 5.90. The predicted molar refractivity (Wildman–Crippen MR) is 124 cm³/mol. The largest absolute Gasteiger partial charge is 0.470 e. The molecule has 1 saturated heterocycles. The summed E-state index contributed by atoms with van der Waals surface area (Å²) in [6, 6.07) is 5.42. The van der Waals surface area contributed by atoms with Crippen LogP contribution < -0.4 is 15.0 Å². The highest BCUT2D eigenvalue weighted by Crippen LogP contribution is 2.36. The average Bonchev–Trinajstić information content (AvgIpc) is 2.81. The number of ether oxygens (including phenoxy) is 1. The lowest BCUT2D eigenvalue weighted by Gasteiger charge is -2.37. The third kappa shape index (κ3) is 5.75. The lowest BCUT2D eigenvalue weighted by atomic mass is 9.93. The van der Waals surface area contributed by atoms with E-state index in [0.717, 1.165) is 6.07 Å². The molecule has 3 aromatic rings. The Bertz CT molecular complexity index is 1230. The summed E-state index contributed by atoms with van der Waals surface area (Å²) < 4.78 is 71.8. The topological polar surface area (TPSA) is 83.4 Å². The minimum absolute atomic E-state index is 0.0240. The highest BCUT2D eigenvalue weighted by Gasteiger charge is 2.30. The Kier molecular flexibility index (Phi) is 7.43. The van der Waals surface area contributed by atoms with E-state index in [4.69, 9.17) is 4.74 Å². The number of alkyl halides is 4. The molecule has 1 aliphatic rings. The predicted octanol–water partition coefficient (Wildman–Crippen LogP) is 5.02. The van der Waals surface area contributed by atoms with Crippen LogP contribution in [-0.4, -0.2) is 51.8 Å². The van der Waals surface area contributed by atoms with Crippen LogP contribution in [0.2, 0.25) is 0 Å². The van der Waals surface area contributed by atoms with Gasteiger partial charge in [-0.1, -0.05) is 18.2 Å². The number of hydrogen-bond donors (Lipinski definition) is 2. The maximum Gasteiger partial charge on any atom is 0.272 e. The molecule has 4 rings (SSSR count). The third-order valence-electron chi connectivity index (χ3n) is 6.06. The van der Waals surface area contributed by atoms with Gasteiger partial charge >= 0.3 is 0 Å². The summed E-state index contributed by atoms with van der Waals surface area (Å²) in [5, 5.41) is 13.7. The number of pyridine rings is 1. The first-order chi connectivity index (χ1) is 17.0. The van der Waals surface area contributed by atoms with Gasteiger partial charge in [0, 0.05) is 25.2 Å². The van der Waals surface area contributed by atoms with Crippen LogP contribution in [0.5, 0.6) is 5.88 Å². The molecule has 3 heterocycles. The Morgan fingerprint density at radius 3 is 2.53 bits per heavy atom. The van der Waals surface area contributed by atoms with Crippen LogP contribution in [0.3, 0.4) is 0 Å². The van der Waals surface area contributed by atoms with Crippen LogP contribution in [0.4, 0.5) is 33.5 Å². The van der Waals surface area contributed by atoms with Crippen LogP contribution in [0.1, 0.15) is 43.1 Å². The van der Waals surface area contributed by atoms with Gasteiger partial charge in [-0.25, -0.2) is 31.9 Å². The maximum absolute atomic E-state index is 14.5. The van der Waals surface area contributed by atoms with Gasteiger partial charge in [-0.15, -0.1) is 0 Å². The van der Waals surface area contributed by atoms with Crippen molar-refractivity contribution in [1.29, 1.82) is 0 Å². The molecule has 0 atom stereocenters. The van der Waals surface area contributed by atoms with Crippen molar-refractivity contribution in [1.82, 2.24) is 15.0 Å². The third-order valence-corrected chi connectivity index (χ3v) is 6.06. The van der Waals surface area contributed by atoms with E-state index >= 15 is 0 Å². The van der Waals surface area contributed by atoms with E-state index in [1.807, 2.05) is 4.90 Å². The molecule has 0 bridgehead atoms. The van der Waals surface area contributed by atoms with Crippen LogP contribution in [0.15, 0.2) is 24.3 Å². The first kappa shape index (κ1) is 25.8. The molecule has 0 radical (unpaired) electrons. The van der Waals surface area contributed by atoms with Gasteiger partial charge in [-0.2, -0.15) is 4.98 Å². The molecule has 0 saturated carbocycles. The zero-order chi connectivity index (χ0) is 26.0. The molecule has 1 fully saturated rings. The minimum atomic E-state index is -2.95. The number of aromatic nitrogens is 3.